The molecule has 102 valence electrons. The summed E-state index contributed by atoms with van der Waals surface area (Å²) in [7, 11) is 0. The number of piperidine rings is 1. The van der Waals surface area contributed by atoms with Gasteiger partial charge in [0.25, 0.3) is 0 Å². The van der Waals surface area contributed by atoms with Crippen molar-refractivity contribution in [2.75, 3.05) is 6.54 Å². The van der Waals surface area contributed by atoms with Crippen molar-refractivity contribution >= 4 is 18.5 Å². The molecule has 0 aromatic rings. The lowest BCUT2D eigenvalue weighted by Crippen LogP contribution is -2.50. The largest absolute Gasteiger partial charge is 0.444 e. The maximum absolute atomic E-state index is 12.0. The molecule has 0 aromatic carbocycles. The second-order valence-corrected chi connectivity index (χ2v) is 5.52. The molecule has 2 unspecified atom stereocenters. The Balaban J connectivity index is 0.00000256. The third kappa shape index (κ3) is 5.13. The first-order chi connectivity index (χ1) is 7.33. The minimum atomic E-state index is -0.422. The average molecular weight is 265 g/mol. The molecule has 1 fully saturated rings. The van der Waals surface area contributed by atoms with Crippen molar-refractivity contribution in [3.05, 3.63) is 0 Å². The Morgan fingerprint density at radius 1 is 1.47 bits per heavy atom. The zero-order valence-electron chi connectivity index (χ0n) is 11.2. The third-order valence-corrected chi connectivity index (χ3v) is 2.86. The highest BCUT2D eigenvalue weighted by molar-refractivity contribution is 5.85. The first-order valence-corrected chi connectivity index (χ1v) is 6.08. The molecular formula is C12H25ClN2O2. The van der Waals surface area contributed by atoms with E-state index in [4.69, 9.17) is 10.5 Å². The highest BCUT2D eigenvalue weighted by atomic mass is 35.5. The molecular weight excluding hydrogens is 240 g/mol. The maximum Gasteiger partial charge on any atom is 0.410 e. The Morgan fingerprint density at radius 2 is 2.06 bits per heavy atom. The quantitative estimate of drug-likeness (QED) is 0.792. The van der Waals surface area contributed by atoms with E-state index in [9.17, 15) is 4.79 Å². The van der Waals surface area contributed by atoms with E-state index in [1.807, 2.05) is 25.7 Å². The molecule has 0 spiro atoms. The zero-order chi connectivity index (χ0) is 12.3. The lowest BCUT2D eigenvalue weighted by atomic mass is 9.96. The van der Waals surface area contributed by atoms with Crippen LogP contribution in [0.5, 0.6) is 0 Å². The zero-order valence-corrected chi connectivity index (χ0v) is 12.0. The van der Waals surface area contributed by atoms with E-state index >= 15 is 0 Å². The molecule has 0 aromatic heterocycles. The van der Waals surface area contributed by atoms with Crippen molar-refractivity contribution < 1.29 is 9.53 Å². The first-order valence-electron chi connectivity index (χ1n) is 6.08. The molecule has 1 heterocycles. The van der Waals surface area contributed by atoms with Crippen LogP contribution in [0.2, 0.25) is 0 Å². The van der Waals surface area contributed by atoms with Gasteiger partial charge in [0, 0.05) is 18.6 Å². The molecule has 1 aliphatic heterocycles. The number of halogens is 1. The molecule has 0 aliphatic carbocycles. The van der Waals surface area contributed by atoms with Gasteiger partial charge in [-0.1, -0.05) is 6.92 Å². The Morgan fingerprint density at radius 3 is 2.53 bits per heavy atom. The van der Waals surface area contributed by atoms with Crippen LogP contribution in [0.3, 0.4) is 0 Å². The van der Waals surface area contributed by atoms with Crippen LogP contribution in [0.1, 0.15) is 47.0 Å². The maximum atomic E-state index is 12.0. The Hall–Kier alpha value is -0.480. The number of likely N-dealkylation sites (tertiary alicyclic amines) is 1. The summed E-state index contributed by atoms with van der Waals surface area (Å²) in [5.74, 6) is 0. The SMILES string of the molecule is CCC1CC(N)CCN1C(=O)OC(C)(C)C.Cl. The standard InChI is InChI=1S/C12H24N2O2.ClH/c1-5-10-8-9(13)6-7-14(10)11(15)16-12(2,3)4;/h9-10H,5-8,13H2,1-4H3;1H. The van der Waals surface area contributed by atoms with Crippen molar-refractivity contribution in [2.45, 2.75) is 64.6 Å². The van der Waals surface area contributed by atoms with Gasteiger partial charge in [-0.2, -0.15) is 0 Å². The van der Waals surface area contributed by atoms with E-state index in [0.717, 1.165) is 19.3 Å². The summed E-state index contributed by atoms with van der Waals surface area (Å²) in [6.45, 7) is 8.47. The number of nitrogens with two attached hydrogens (primary N) is 1. The van der Waals surface area contributed by atoms with Crippen LogP contribution in [-0.2, 0) is 4.74 Å². The molecule has 1 amide bonds. The molecule has 2 N–H and O–H groups in total. The van der Waals surface area contributed by atoms with Crippen LogP contribution in [0, 0.1) is 0 Å². The summed E-state index contributed by atoms with van der Waals surface area (Å²) in [6.07, 6.45) is 2.49. The monoisotopic (exact) mass is 264 g/mol. The van der Waals surface area contributed by atoms with E-state index in [-0.39, 0.29) is 30.6 Å². The van der Waals surface area contributed by atoms with Crippen molar-refractivity contribution in [3.63, 3.8) is 0 Å². The number of hydrogen-bond acceptors (Lipinski definition) is 3. The summed E-state index contributed by atoms with van der Waals surface area (Å²) < 4.78 is 5.39. The van der Waals surface area contributed by atoms with E-state index in [1.54, 1.807) is 0 Å². The number of hydrogen-bond donors (Lipinski definition) is 1. The van der Waals surface area contributed by atoms with Crippen LogP contribution in [0.25, 0.3) is 0 Å². The van der Waals surface area contributed by atoms with E-state index < -0.39 is 5.60 Å². The fourth-order valence-electron chi connectivity index (χ4n) is 2.03. The van der Waals surface area contributed by atoms with Gasteiger partial charge in [0.2, 0.25) is 0 Å². The fraction of sp³-hybridized carbons (Fsp3) is 0.917. The first kappa shape index (κ1) is 16.5. The minimum absolute atomic E-state index is 0. The summed E-state index contributed by atoms with van der Waals surface area (Å²) in [6, 6.07) is 0.460. The van der Waals surface area contributed by atoms with E-state index in [2.05, 4.69) is 6.92 Å². The van der Waals surface area contributed by atoms with Crippen LogP contribution in [0.15, 0.2) is 0 Å². The van der Waals surface area contributed by atoms with Gasteiger partial charge in [-0.3, -0.25) is 0 Å². The predicted molar refractivity (Wildman–Crippen MR) is 71.5 cm³/mol. The number of rotatable bonds is 1. The molecule has 2 atom stereocenters. The Bertz CT molecular complexity index is 253. The lowest BCUT2D eigenvalue weighted by Gasteiger charge is -2.38. The van der Waals surface area contributed by atoms with Gasteiger partial charge in [0.15, 0.2) is 0 Å². The third-order valence-electron chi connectivity index (χ3n) is 2.86. The van der Waals surface area contributed by atoms with Crippen LogP contribution in [0.4, 0.5) is 4.79 Å². The second kappa shape index (κ2) is 6.45. The summed E-state index contributed by atoms with van der Waals surface area (Å²) in [4.78, 5) is 13.8. The molecule has 1 saturated heterocycles. The number of nitrogens with zero attached hydrogens (tertiary/aromatic N) is 1. The lowest BCUT2D eigenvalue weighted by molar-refractivity contribution is 0.00790. The summed E-state index contributed by atoms with van der Waals surface area (Å²) >= 11 is 0. The minimum Gasteiger partial charge on any atom is -0.444 e. The highest BCUT2D eigenvalue weighted by Gasteiger charge is 2.31. The van der Waals surface area contributed by atoms with Crippen molar-refractivity contribution in [1.29, 1.82) is 0 Å². The summed E-state index contributed by atoms with van der Waals surface area (Å²) in [5, 5.41) is 0. The number of amides is 1. The van der Waals surface area contributed by atoms with E-state index in [1.165, 1.54) is 0 Å². The topological polar surface area (TPSA) is 55.6 Å². The predicted octanol–water partition coefficient (Wildman–Crippen LogP) is 2.55. The normalized spacial score (nSPS) is 25.1. The van der Waals surface area contributed by atoms with Gasteiger partial charge in [0.1, 0.15) is 5.60 Å². The Kier molecular flexibility index (Phi) is 6.27. The molecule has 0 saturated carbocycles. The number of carbonyl (C=O) groups excluding carboxylic acids is 1. The van der Waals surface area contributed by atoms with Crippen molar-refractivity contribution in [3.8, 4) is 0 Å². The molecule has 1 rings (SSSR count). The van der Waals surface area contributed by atoms with Crippen LogP contribution < -0.4 is 5.73 Å². The van der Waals surface area contributed by atoms with Gasteiger partial charge in [0.05, 0.1) is 0 Å². The molecule has 4 nitrogen and oxygen atoms in total. The molecule has 1 aliphatic rings. The molecule has 0 radical (unpaired) electrons. The van der Waals surface area contributed by atoms with E-state index in [0.29, 0.717) is 6.54 Å². The van der Waals surface area contributed by atoms with Crippen LogP contribution in [-0.4, -0.2) is 35.2 Å². The van der Waals surface area contributed by atoms with Crippen molar-refractivity contribution in [2.24, 2.45) is 5.73 Å². The van der Waals surface area contributed by atoms with Gasteiger partial charge in [-0.05, 0) is 40.0 Å². The fourth-order valence-corrected chi connectivity index (χ4v) is 2.03. The Labute approximate surface area is 110 Å². The number of ether oxygens (including phenoxy) is 1. The van der Waals surface area contributed by atoms with Gasteiger partial charge < -0.3 is 15.4 Å². The molecule has 0 bridgehead atoms. The van der Waals surface area contributed by atoms with Crippen molar-refractivity contribution in [1.82, 2.24) is 4.90 Å². The summed E-state index contributed by atoms with van der Waals surface area (Å²) in [5.41, 5.74) is 5.49. The molecule has 5 heteroatoms. The average Bonchev–Trinajstić information content (AvgIpc) is 2.14. The number of carbonyl (C=O) groups is 1. The van der Waals surface area contributed by atoms with Gasteiger partial charge in [-0.15, -0.1) is 12.4 Å². The molecule has 17 heavy (non-hydrogen) atoms. The highest BCUT2D eigenvalue weighted by Crippen LogP contribution is 2.21. The smallest absolute Gasteiger partial charge is 0.410 e. The van der Waals surface area contributed by atoms with Gasteiger partial charge in [-0.25, -0.2) is 4.79 Å². The van der Waals surface area contributed by atoms with Crippen LogP contribution >= 0.6 is 12.4 Å². The van der Waals surface area contributed by atoms with Gasteiger partial charge >= 0.3 is 6.09 Å². The second-order valence-electron chi connectivity index (χ2n) is 5.52.